The number of halogens is 1. The summed E-state index contributed by atoms with van der Waals surface area (Å²) in [5.74, 6) is 0.901. The predicted molar refractivity (Wildman–Crippen MR) is 267 cm³/mol. The summed E-state index contributed by atoms with van der Waals surface area (Å²) in [7, 11) is 0. The summed E-state index contributed by atoms with van der Waals surface area (Å²) in [6.45, 7) is 9.67. The van der Waals surface area contributed by atoms with Gasteiger partial charge in [-0.2, -0.15) is 0 Å². The Labute approximate surface area is 403 Å². The van der Waals surface area contributed by atoms with Gasteiger partial charge in [0.25, 0.3) is 0 Å². The van der Waals surface area contributed by atoms with E-state index in [1.165, 1.54) is 4.90 Å². The molecule has 0 spiro atoms. The number of carbonyl (C=O) groups excluding carboxylic acids is 3. The number of alkyl halides is 1. The summed E-state index contributed by atoms with van der Waals surface area (Å²) in [4.78, 5) is 47.1. The Morgan fingerprint density at radius 2 is 1.45 bits per heavy atom. The first-order valence-electron chi connectivity index (χ1n) is 23.1. The minimum Gasteiger partial charge on any atom is -0.508 e. The van der Waals surface area contributed by atoms with Gasteiger partial charge in [0.15, 0.2) is 0 Å². The number of hydrogen-bond donors (Lipinski definition) is 6. The van der Waals surface area contributed by atoms with Gasteiger partial charge >= 0.3 is 0 Å². The Morgan fingerprint density at radius 1 is 0.821 bits per heavy atom. The maximum atomic E-state index is 14.0. The van der Waals surface area contributed by atoms with Crippen molar-refractivity contribution in [3.05, 3.63) is 131 Å². The minimum absolute atomic E-state index is 0.0357. The SMILES string of the molecule is Cc1ncsc1-c1ccc(CNC(=O)[C@@H]2C[C@@H](O)CN2C(=O)[C@@H](NCCCCCCC(=O)NCCOc2ccc(C(=C(CCCl)c3ccc(O)cc3)c3ccc(O)cc3)cc2)C(C)(C)C)cc1. The Morgan fingerprint density at radius 3 is 2.06 bits per heavy atom. The molecule has 1 saturated heterocycles. The quantitative estimate of drug-likeness (QED) is 0.0225. The molecule has 14 heteroatoms. The zero-order valence-corrected chi connectivity index (χ0v) is 40.5. The number of likely N-dealkylation sites (tertiary alicyclic amines) is 1. The lowest BCUT2D eigenvalue weighted by atomic mass is 9.85. The molecule has 2 heterocycles. The molecule has 356 valence electrons. The van der Waals surface area contributed by atoms with Gasteiger partial charge in [-0.25, -0.2) is 4.98 Å². The van der Waals surface area contributed by atoms with Crippen LogP contribution < -0.4 is 20.7 Å². The first-order valence-corrected chi connectivity index (χ1v) is 24.5. The molecule has 3 atom stereocenters. The number of unbranched alkanes of at least 4 members (excludes halogenated alkanes) is 3. The maximum Gasteiger partial charge on any atom is 0.243 e. The fourth-order valence-corrected chi connectivity index (χ4v) is 9.39. The van der Waals surface area contributed by atoms with Gasteiger partial charge in [0.2, 0.25) is 17.7 Å². The number of β-amino-alcohol motifs (C(OH)–C–C–N with tert-alkyl or cyclic N) is 1. The standard InChI is InChI=1S/C53H64ClN5O7S/c1-35-49(67-34-58-35)40-12-10-36(11-13-40)32-57-51(64)46-31-43(62)33-59(46)52(65)50(53(2,3)4)56-28-8-6-5-7-9-47(63)55-29-30-66-44-24-18-39(19-25-44)48(38-16-22-42(61)23-17-38)45(26-27-54)37-14-20-41(60)21-15-37/h10-25,34,43,46,50,56,60-62H,5-9,26-33H2,1-4H3,(H,55,63)(H,57,64)/t43-,46+,50-/m1/s1. The minimum atomic E-state index is -0.778. The fourth-order valence-electron chi connectivity index (χ4n) is 8.39. The lowest BCUT2D eigenvalue weighted by molar-refractivity contribution is -0.142. The molecule has 0 unspecified atom stereocenters. The number of aryl methyl sites for hydroxylation is 1. The third-order valence-electron chi connectivity index (χ3n) is 11.9. The maximum absolute atomic E-state index is 14.0. The summed E-state index contributed by atoms with van der Waals surface area (Å²) >= 11 is 7.87. The number of nitrogens with zero attached hydrogens (tertiary/aromatic N) is 2. The highest BCUT2D eigenvalue weighted by Crippen LogP contribution is 2.37. The molecule has 1 fully saturated rings. The summed E-state index contributed by atoms with van der Waals surface area (Å²) in [5, 5.41) is 39.9. The molecule has 1 aliphatic rings. The van der Waals surface area contributed by atoms with Gasteiger partial charge in [0.1, 0.15) is 29.9 Å². The number of aromatic nitrogens is 1. The number of phenols is 2. The lowest BCUT2D eigenvalue weighted by Crippen LogP contribution is -2.56. The normalized spacial score (nSPS) is 15.8. The lowest BCUT2D eigenvalue weighted by Gasteiger charge is -2.35. The van der Waals surface area contributed by atoms with E-state index >= 15 is 0 Å². The molecule has 0 bridgehead atoms. The molecule has 5 aromatic rings. The summed E-state index contributed by atoms with van der Waals surface area (Å²) in [6.07, 6.45) is 3.70. The molecule has 0 aliphatic carbocycles. The summed E-state index contributed by atoms with van der Waals surface area (Å²) < 4.78 is 5.97. The fraction of sp³-hybridized carbons (Fsp3) is 0.396. The molecule has 1 aliphatic heterocycles. The van der Waals surface area contributed by atoms with Gasteiger partial charge in [-0.1, -0.05) is 94.3 Å². The topological polar surface area (TPSA) is 173 Å². The van der Waals surface area contributed by atoms with Crippen LogP contribution in [0.5, 0.6) is 17.2 Å². The Bertz CT molecular complexity index is 2420. The van der Waals surface area contributed by atoms with Crippen LogP contribution in [0.4, 0.5) is 0 Å². The number of nitrogens with one attached hydrogen (secondary N) is 3. The van der Waals surface area contributed by atoms with E-state index < -0.39 is 23.6 Å². The first kappa shape index (κ1) is 50.7. The van der Waals surface area contributed by atoms with Gasteiger partial charge in [0.05, 0.1) is 34.8 Å². The molecule has 0 radical (unpaired) electrons. The number of amides is 3. The van der Waals surface area contributed by atoms with Crippen molar-refractivity contribution in [3.63, 3.8) is 0 Å². The second kappa shape index (κ2) is 24.3. The second-order valence-electron chi connectivity index (χ2n) is 18.1. The van der Waals surface area contributed by atoms with E-state index in [9.17, 15) is 29.7 Å². The van der Waals surface area contributed by atoms with E-state index in [0.717, 1.165) is 75.2 Å². The molecule has 12 nitrogen and oxygen atoms in total. The van der Waals surface area contributed by atoms with Crippen molar-refractivity contribution < 1.29 is 34.4 Å². The van der Waals surface area contributed by atoms with Crippen molar-refractivity contribution in [3.8, 4) is 27.7 Å². The van der Waals surface area contributed by atoms with Crippen LogP contribution in [0.15, 0.2) is 103 Å². The number of carbonyl (C=O) groups is 3. The predicted octanol–water partition coefficient (Wildman–Crippen LogP) is 8.85. The van der Waals surface area contributed by atoms with Crippen molar-refractivity contribution in [2.75, 3.05) is 32.1 Å². The first-order chi connectivity index (χ1) is 32.2. The number of aliphatic hydroxyl groups is 1. The molecule has 3 amide bonds. The van der Waals surface area contributed by atoms with E-state index in [0.29, 0.717) is 50.7 Å². The van der Waals surface area contributed by atoms with Gasteiger partial charge in [-0.3, -0.25) is 14.4 Å². The molecule has 6 N–H and O–H groups in total. The number of allylic oxidation sites excluding steroid dienone is 1. The average Bonchev–Trinajstić information content (AvgIpc) is 3.93. The monoisotopic (exact) mass is 949 g/mol. The van der Waals surface area contributed by atoms with Crippen LogP contribution in [0.3, 0.4) is 0 Å². The summed E-state index contributed by atoms with van der Waals surface area (Å²) in [6, 6.07) is 28.5. The molecular formula is C53H64ClN5O7S. The third-order valence-corrected chi connectivity index (χ3v) is 13.1. The zero-order valence-electron chi connectivity index (χ0n) is 38.9. The van der Waals surface area contributed by atoms with Gasteiger partial charge in [-0.05, 0) is 114 Å². The largest absolute Gasteiger partial charge is 0.508 e. The zero-order chi connectivity index (χ0) is 47.9. The van der Waals surface area contributed by atoms with Gasteiger partial charge in [-0.15, -0.1) is 22.9 Å². The Balaban J connectivity index is 0.900. The number of thiazole rings is 1. The van der Waals surface area contributed by atoms with Crippen LogP contribution in [-0.4, -0.2) is 93.2 Å². The van der Waals surface area contributed by atoms with Crippen molar-refractivity contribution in [2.45, 2.75) is 97.4 Å². The Hall–Kier alpha value is -5.73. The van der Waals surface area contributed by atoms with E-state index in [2.05, 4.69) is 20.9 Å². The number of ether oxygens (including phenoxy) is 1. The van der Waals surface area contributed by atoms with E-state index in [1.807, 2.05) is 106 Å². The number of aromatic hydroxyl groups is 2. The van der Waals surface area contributed by atoms with Crippen LogP contribution >= 0.6 is 22.9 Å². The van der Waals surface area contributed by atoms with Crippen molar-refractivity contribution in [2.24, 2.45) is 5.41 Å². The van der Waals surface area contributed by atoms with E-state index in [-0.39, 0.29) is 42.2 Å². The molecule has 67 heavy (non-hydrogen) atoms. The number of rotatable bonds is 22. The smallest absolute Gasteiger partial charge is 0.243 e. The van der Waals surface area contributed by atoms with Crippen molar-refractivity contribution in [1.29, 1.82) is 0 Å². The number of aliphatic hydroxyl groups excluding tert-OH is 1. The third kappa shape index (κ3) is 14.4. The van der Waals surface area contributed by atoms with E-state index in [1.54, 1.807) is 35.6 Å². The van der Waals surface area contributed by atoms with Gasteiger partial charge in [0, 0.05) is 31.8 Å². The molecule has 1 aromatic heterocycles. The van der Waals surface area contributed by atoms with Crippen LogP contribution in [0.1, 0.15) is 93.7 Å². The number of hydrogen-bond acceptors (Lipinski definition) is 10. The molecule has 0 saturated carbocycles. The van der Waals surface area contributed by atoms with Crippen LogP contribution in [0.2, 0.25) is 0 Å². The molecule has 4 aromatic carbocycles. The highest BCUT2D eigenvalue weighted by atomic mass is 35.5. The van der Waals surface area contributed by atoms with Crippen LogP contribution in [-0.2, 0) is 20.9 Å². The van der Waals surface area contributed by atoms with Crippen molar-refractivity contribution in [1.82, 2.24) is 25.8 Å². The number of benzene rings is 4. The van der Waals surface area contributed by atoms with Gasteiger partial charge < -0.3 is 40.9 Å². The van der Waals surface area contributed by atoms with E-state index in [4.69, 9.17) is 16.3 Å². The molecular weight excluding hydrogens is 886 g/mol. The van der Waals surface area contributed by atoms with Crippen LogP contribution in [0.25, 0.3) is 21.6 Å². The Kier molecular flexibility index (Phi) is 18.4. The number of phenolic OH excluding ortho intramolecular Hbond substituents is 2. The highest BCUT2D eigenvalue weighted by molar-refractivity contribution is 7.13. The van der Waals surface area contributed by atoms with Crippen LogP contribution in [0, 0.1) is 12.3 Å². The van der Waals surface area contributed by atoms with Crippen molar-refractivity contribution >= 4 is 51.8 Å². The summed E-state index contributed by atoms with van der Waals surface area (Å²) in [5.41, 5.74) is 9.13. The average molecular weight is 951 g/mol. The highest BCUT2D eigenvalue weighted by Gasteiger charge is 2.43. The second-order valence-corrected chi connectivity index (χ2v) is 19.3. The molecule has 6 rings (SSSR count).